The molecule has 0 aromatic carbocycles. The normalized spacial score (nSPS) is 29.4. The summed E-state index contributed by atoms with van der Waals surface area (Å²) in [5.74, 6) is 2.01. The number of piperidine rings is 1. The standard InChI is InChI=1S/C13H23N3OS/c1-9(2)11-6-7-18-13(15-11)14-10-4-5-12(17)16(3)8-10/h9-11H,4-8H2,1-3H3,(H,14,15). The minimum Gasteiger partial charge on any atom is -0.360 e. The van der Waals surface area contributed by atoms with Crippen LogP contribution in [0.3, 0.4) is 0 Å². The SMILES string of the molecule is CC(C)C1CCSC(NC2CCC(=O)N(C)C2)=N1. The quantitative estimate of drug-likeness (QED) is 0.830. The van der Waals surface area contributed by atoms with E-state index in [-0.39, 0.29) is 5.91 Å². The number of hydrogen-bond acceptors (Lipinski definition) is 4. The molecule has 102 valence electrons. The maximum absolute atomic E-state index is 11.4. The first-order valence-electron chi connectivity index (χ1n) is 6.77. The number of amides is 1. The van der Waals surface area contributed by atoms with Crippen LogP contribution in [0.25, 0.3) is 0 Å². The van der Waals surface area contributed by atoms with Crippen molar-refractivity contribution in [1.82, 2.24) is 10.2 Å². The predicted octanol–water partition coefficient (Wildman–Crippen LogP) is 1.71. The average Bonchev–Trinajstić information content (AvgIpc) is 2.34. The molecule has 18 heavy (non-hydrogen) atoms. The van der Waals surface area contributed by atoms with Crippen LogP contribution in [-0.2, 0) is 4.79 Å². The van der Waals surface area contributed by atoms with Gasteiger partial charge >= 0.3 is 0 Å². The zero-order valence-electron chi connectivity index (χ0n) is 11.5. The van der Waals surface area contributed by atoms with Crippen molar-refractivity contribution in [3.63, 3.8) is 0 Å². The van der Waals surface area contributed by atoms with Gasteiger partial charge in [0, 0.05) is 31.8 Å². The monoisotopic (exact) mass is 269 g/mol. The molecular formula is C13H23N3OS. The van der Waals surface area contributed by atoms with E-state index in [2.05, 4.69) is 19.2 Å². The Bertz CT molecular complexity index is 343. The third-order valence-electron chi connectivity index (χ3n) is 3.66. The highest BCUT2D eigenvalue weighted by Gasteiger charge is 2.25. The molecule has 0 aromatic rings. The number of carbonyl (C=O) groups excluding carboxylic acids is 1. The zero-order valence-corrected chi connectivity index (χ0v) is 12.3. The van der Waals surface area contributed by atoms with Crippen LogP contribution in [0.2, 0.25) is 0 Å². The molecule has 1 saturated heterocycles. The molecular weight excluding hydrogens is 246 g/mol. The second kappa shape index (κ2) is 5.95. The van der Waals surface area contributed by atoms with E-state index in [0.29, 0.717) is 24.4 Å². The molecule has 1 N–H and O–H groups in total. The molecule has 0 aromatic heterocycles. The van der Waals surface area contributed by atoms with Crippen molar-refractivity contribution in [2.24, 2.45) is 10.9 Å². The van der Waals surface area contributed by atoms with Crippen molar-refractivity contribution in [1.29, 1.82) is 0 Å². The second-order valence-corrected chi connectivity index (χ2v) is 6.62. The molecule has 0 radical (unpaired) electrons. The van der Waals surface area contributed by atoms with Crippen molar-refractivity contribution in [3.8, 4) is 0 Å². The molecule has 1 fully saturated rings. The number of thioether (sulfide) groups is 1. The smallest absolute Gasteiger partial charge is 0.222 e. The summed E-state index contributed by atoms with van der Waals surface area (Å²) in [4.78, 5) is 18.0. The summed E-state index contributed by atoms with van der Waals surface area (Å²) in [7, 11) is 1.88. The number of hydrogen-bond donors (Lipinski definition) is 1. The van der Waals surface area contributed by atoms with Crippen LogP contribution in [0.15, 0.2) is 4.99 Å². The lowest BCUT2D eigenvalue weighted by atomic mass is 10.0. The number of nitrogens with zero attached hydrogens (tertiary/aromatic N) is 2. The fourth-order valence-electron chi connectivity index (χ4n) is 2.39. The Kier molecular flexibility index (Phi) is 4.54. The van der Waals surface area contributed by atoms with E-state index in [1.165, 1.54) is 6.42 Å². The summed E-state index contributed by atoms with van der Waals surface area (Å²) in [6, 6.07) is 0.821. The Hall–Kier alpha value is -0.710. The summed E-state index contributed by atoms with van der Waals surface area (Å²) < 4.78 is 0. The maximum Gasteiger partial charge on any atom is 0.222 e. The second-order valence-electron chi connectivity index (χ2n) is 5.54. The van der Waals surface area contributed by atoms with E-state index >= 15 is 0 Å². The molecule has 2 rings (SSSR count). The van der Waals surface area contributed by atoms with E-state index in [1.54, 1.807) is 0 Å². The molecule has 4 nitrogen and oxygen atoms in total. The van der Waals surface area contributed by atoms with Gasteiger partial charge in [-0.05, 0) is 18.8 Å². The van der Waals surface area contributed by atoms with Crippen molar-refractivity contribution >= 4 is 22.8 Å². The number of nitrogens with one attached hydrogen (secondary N) is 1. The molecule has 1 amide bonds. The maximum atomic E-state index is 11.4. The fourth-order valence-corrected chi connectivity index (χ4v) is 3.41. The van der Waals surface area contributed by atoms with Crippen LogP contribution in [0.4, 0.5) is 0 Å². The Morgan fingerprint density at radius 1 is 1.44 bits per heavy atom. The van der Waals surface area contributed by atoms with Gasteiger partial charge in [-0.2, -0.15) is 0 Å². The summed E-state index contributed by atoms with van der Waals surface area (Å²) in [5, 5.41) is 4.59. The van der Waals surface area contributed by atoms with Crippen LogP contribution in [0.1, 0.15) is 33.1 Å². The van der Waals surface area contributed by atoms with Gasteiger partial charge in [-0.25, -0.2) is 0 Å². The fraction of sp³-hybridized carbons (Fsp3) is 0.846. The lowest BCUT2D eigenvalue weighted by Crippen LogP contribution is -2.48. The number of aliphatic imine (C=N–C) groups is 1. The summed E-state index contributed by atoms with van der Waals surface area (Å²) in [6.07, 6.45) is 2.76. The summed E-state index contributed by atoms with van der Waals surface area (Å²) in [5.41, 5.74) is 0. The first-order valence-corrected chi connectivity index (χ1v) is 7.76. The van der Waals surface area contributed by atoms with Gasteiger partial charge in [0.25, 0.3) is 0 Å². The number of likely N-dealkylation sites (N-methyl/N-ethyl adjacent to an activating group) is 1. The minimum atomic E-state index is 0.256. The van der Waals surface area contributed by atoms with Gasteiger partial charge < -0.3 is 10.2 Å². The molecule has 0 spiro atoms. The first-order chi connectivity index (χ1) is 8.56. The first kappa shape index (κ1) is 13.7. The molecule has 0 bridgehead atoms. The molecule has 2 heterocycles. The van der Waals surface area contributed by atoms with Gasteiger partial charge in [-0.1, -0.05) is 25.6 Å². The number of likely N-dealkylation sites (tertiary alicyclic amines) is 1. The lowest BCUT2D eigenvalue weighted by molar-refractivity contribution is -0.132. The molecule has 2 aliphatic heterocycles. The van der Waals surface area contributed by atoms with Crippen LogP contribution in [0, 0.1) is 5.92 Å². The highest BCUT2D eigenvalue weighted by molar-refractivity contribution is 8.13. The number of rotatable bonds is 2. The van der Waals surface area contributed by atoms with Gasteiger partial charge in [0.2, 0.25) is 5.91 Å². The van der Waals surface area contributed by atoms with Crippen molar-refractivity contribution < 1.29 is 4.79 Å². The Morgan fingerprint density at radius 2 is 2.22 bits per heavy atom. The largest absolute Gasteiger partial charge is 0.360 e. The third kappa shape index (κ3) is 3.40. The van der Waals surface area contributed by atoms with Crippen LogP contribution in [0.5, 0.6) is 0 Å². The summed E-state index contributed by atoms with van der Waals surface area (Å²) >= 11 is 1.82. The Labute approximate surface area is 114 Å². The van der Waals surface area contributed by atoms with E-state index in [0.717, 1.165) is 23.9 Å². The number of amidine groups is 1. The van der Waals surface area contributed by atoms with E-state index in [1.807, 2.05) is 23.7 Å². The average molecular weight is 269 g/mol. The number of carbonyl (C=O) groups is 1. The van der Waals surface area contributed by atoms with Crippen molar-refractivity contribution in [2.75, 3.05) is 19.3 Å². The third-order valence-corrected chi connectivity index (χ3v) is 4.60. The van der Waals surface area contributed by atoms with Gasteiger partial charge in [0.1, 0.15) is 0 Å². The topological polar surface area (TPSA) is 44.7 Å². The highest BCUT2D eigenvalue weighted by Crippen LogP contribution is 2.22. The van der Waals surface area contributed by atoms with Crippen molar-refractivity contribution in [3.05, 3.63) is 0 Å². The predicted molar refractivity (Wildman–Crippen MR) is 76.9 cm³/mol. The molecule has 2 unspecified atom stereocenters. The molecule has 2 atom stereocenters. The minimum absolute atomic E-state index is 0.256. The highest BCUT2D eigenvalue weighted by atomic mass is 32.2. The van der Waals surface area contributed by atoms with Crippen LogP contribution in [-0.4, -0.2) is 47.4 Å². The van der Waals surface area contributed by atoms with Crippen LogP contribution >= 0.6 is 11.8 Å². The lowest BCUT2D eigenvalue weighted by Gasteiger charge is -2.32. The van der Waals surface area contributed by atoms with Gasteiger partial charge in [0.15, 0.2) is 5.17 Å². The van der Waals surface area contributed by atoms with Crippen molar-refractivity contribution in [2.45, 2.75) is 45.2 Å². The molecule has 2 aliphatic rings. The van der Waals surface area contributed by atoms with Gasteiger partial charge in [0.05, 0.1) is 6.04 Å². The van der Waals surface area contributed by atoms with E-state index in [9.17, 15) is 4.79 Å². The van der Waals surface area contributed by atoms with Gasteiger partial charge in [-0.15, -0.1) is 0 Å². The molecule has 0 aliphatic carbocycles. The zero-order chi connectivity index (χ0) is 13.1. The van der Waals surface area contributed by atoms with E-state index < -0.39 is 0 Å². The Balaban J connectivity index is 1.91. The Morgan fingerprint density at radius 3 is 2.89 bits per heavy atom. The molecule has 0 saturated carbocycles. The summed E-state index contributed by atoms with van der Waals surface area (Å²) in [6.45, 7) is 5.26. The van der Waals surface area contributed by atoms with Gasteiger partial charge in [-0.3, -0.25) is 9.79 Å². The van der Waals surface area contributed by atoms with Crippen LogP contribution < -0.4 is 5.32 Å². The van der Waals surface area contributed by atoms with E-state index in [4.69, 9.17) is 4.99 Å². The molecule has 5 heteroatoms.